The average Bonchev–Trinajstić information content (AvgIpc) is 2.99. The molecule has 2 aliphatic rings. The standard InChI is InChI=1S/C25H22ClN3O3/c1-14(2)21-20-19(17-6-3-4-7-18(17)27-21)22(30)29(23(20)31)28-24(32)25(12-5-13-25)15-8-10-16(26)11-9-15/h3-4,6-11,14H,5,12-13H2,1-2H3,(H,28,32). The number of nitrogens with one attached hydrogen (secondary N) is 1. The third-order valence-corrected chi connectivity index (χ3v) is 6.81. The van der Waals surface area contributed by atoms with Crippen molar-refractivity contribution in [1.82, 2.24) is 15.4 Å². The van der Waals surface area contributed by atoms with Crippen molar-refractivity contribution in [1.29, 1.82) is 0 Å². The molecule has 1 saturated carbocycles. The van der Waals surface area contributed by atoms with E-state index in [-0.39, 0.29) is 17.4 Å². The summed E-state index contributed by atoms with van der Waals surface area (Å²) in [6.45, 7) is 3.86. The number of fused-ring (bicyclic) bond motifs is 3. The first-order valence-corrected chi connectivity index (χ1v) is 11.1. The molecule has 1 aromatic heterocycles. The number of nitrogens with zero attached hydrogens (tertiary/aromatic N) is 2. The molecule has 0 radical (unpaired) electrons. The summed E-state index contributed by atoms with van der Waals surface area (Å²) in [7, 11) is 0. The van der Waals surface area contributed by atoms with E-state index in [1.165, 1.54) is 0 Å². The van der Waals surface area contributed by atoms with Gasteiger partial charge in [0.1, 0.15) is 0 Å². The molecule has 5 rings (SSSR count). The Hall–Kier alpha value is -3.25. The zero-order chi connectivity index (χ0) is 22.6. The van der Waals surface area contributed by atoms with Crippen LogP contribution in [-0.2, 0) is 10.2 Å². The molecule has 0 bridgehead atoms. The van der Waals surface area contributed by atoms with Gasteiger partial charge in [-0.1, -0.05) is 62.2 Å². The molecule has 0 saturated heterocycles. The number of halogens is 1. The van der Waals surface area contributed by atoms with E-state index in [0.29, 0.717) is 40.0 Å². The van der Waals surface area contributed by atoms with Gasteiger partial charge in [-0.15, -0.1) is 0 Å². The molecule has 1 N–H and O–H groups in total. The molecule has 3 amide bonds. The molecular weight excluding hydrogens is 426 g/mol. The molecule has 0 unspecified atom stereocenters. The second kappa shape index (κ2) is 7.41. The number of rotatable bonds is 4. The van der Waals surface area contributed by atoms with E-state index in [9.17, 15) is 14.4 Å². The third kappa shape index (κ3) is 2.93. The van der Waals surface area contributed by atoms with Gasteiger partial charge in [-0.25, -0.2) is 0 Å². The maximum absolute atomic E-state index is 13.4. The van der Waals surface area contributed by atoms with Gasteiger partial charge in [0, 0.05) is 10.4 Å². The summed E-state index contributed by atoms with van der Waals surface area (Å²) >= 11 is 6.01. The van der Waals surface area contributed by atoms with E-state index >= 15 is 0 Å². The van der Waals surface area contributed by atoms with Crippen LogP contribution in [0.3, 0.4) is 0 Å². The van der Waals surface area contributed by atoms with E-state index in [2.05, 4.69) is 10.4 Å². The Bertz CT molecular complexity index is 1280. The molecular formula is C25H22ClN3O3. The van der Waals surface area contributed by atoms with Crippen molar-refractivity contribution in [2.45, 2.75) is 44.4 Å². The van der Waals surface area contributed by atoms with Crippen molar-refractivity contribution in [2.75, 3.05) is 0 Å². The third-order valence-electron chi connectivity index (χ3n) is 6.55. The molecule has 1 aliphatic heterocycles. The van der Waals surface area contributed by atoms with Gasteiger partial charge < -0.3 is 0 Å². The van der Waals surface area contributed by atoms with Crippen molar-refractivity contribution in [3.63, 3.8) is 0 Å². The number of hydrogen-bond donors (Lipinski definition) is 1. The maximum atomic E-state index is 13.4. The predicted molar refractivity (Wildman–Crippen MR) is 121 cm³/mol. The maximum Gasteiger partial charge on any atom is 0.282 e. The summed E-state index contributed by atoms with van der Waals surface area (Å²) in [4.78, 5) is 44.8. The van der Waals surface area contributed by atoms with Crippen LogP contribution in [0.1, 0.15) is 71.0 Å². The zero-order valence-corrected chi connectivity index (χ0v) is 18.6. The quantitative estimate of drug-likeness (QED) is 0.585. The molecule has 7 heteroatoms. The summed E-state index contributed by atoms with van der Waals surface area (Å²) in [6, 6.07) is 14.4. The van der Waals surface area contributed by atoms with Gasteiger partial charge >= 0.3 is 0 Å². The van der Waals surface area contributed by atoms with Gasteiger partial charge in [0.15, 0.2) is 0 Å². The topological polar surface area (TPSA) is 79.4 Å². The molecule has 0 atom stereocenters. The van der Waals surface area contributed by atoms with Crippen LogP contribution >= 0.6 is 11.6 Å². The fourth-order valence-electron chi connectivity index (χ4n) is 4.66. The lowest BCUT2D eigenvalue weighted by atomic mass is 9.64. The van der Waals surface area contributed by atoms with E-state index < -0.39 is 17.2 Å². The molecule has 2 aromatic carbocycles. The Kier molecular flexibility index (Phi) is 4.78. The first-order valence-electron chi connectivity index (χ1n) is 10.7. The van der Waals surface area contributed by atoms with Crippen LogP contribution < -0.4 is 5.43 Å². The lowest BCUT2D eigenvalue weighted by molar-refractivity contribution is -0.133. The summed E-state index contributed by atoms with van der Waals surface area (Å²) in [5, 5.41) is 2.06. The SMILES string of the molecule is CC(C)c1nc2ccccc2c2c1C(=O)N(NC(=O)C1(c3ccc(Cl)cc3)CCC1)C2=O. The van der Waals surface area contributed by atoms with Gasteiger partial charge in [0.05, 0.1) is 27.8 Å². The number of carbonyl (C=O) groups excluding carboxylic acids is 3. The Morgan fingerprint density at radius 1 is 1.03 bits per heavy atom. The number of benzene rings is 2. The highest BCUT2D eigenvalue weighted by molar-refractivity contribution is 6.30. The van der Waals surface area contributed by atoms with Gasteiger partial charge in [-0.05, 0) is 42.5 Å². The Morgan fingerprint density at radius 2 is 1.69 bits per heavy atom. The Balaban J connectivity index is 1.54. The van der Waals surface area contributed by atoms with Gasteiger partial charge in [0.25, 0.3) is 11.8 Å². The largest absolute Gasteiger partial charge is 0.282 e. The second-order valence-corrected chi connectivity index (χ2v) is 9.18. The number of imide groups is 1. The van der Waals surface area contributed by atoms with Gasteiger partial charge in [-0.3, -0.25) is 24.8 Å². The number of aromatic nitrogens is 1. The summed E-state index contributed by atoms with van der Waals surface area (Å²) in [5.41, 5.74) is 4.49. The number of amides is 3. The highest BCUT2D eigenvalue weighted by Gasteiger charge is 2.49. The van der Waals surface area contributed by atoms with Crippen LogP contribution in [0.5, 0.6) is 0 Å². The molecule has 1 fully saturated rings. The smallest absolute Gasteiger partial charge is 0.272 e. The fourth-order valence-corrected chi connectivity index (χ4v) is 4.79. The zero-order valence-electron chi connectivity index (χ0n) is 17.8. The van der Waals surface area contributed by atoms with Crippen molar-refractivity contribution >= 4 is 40.2 Å². The fraction of sp³-hybridized carbons (Fsp3) is 0.280. The summed E-state index contributed by atoms with van der Waals surface area (Å²) in [6.07, 6.45) is 2.18. The molecule has 3 aromatic rings. The van der Waals surface area contributed by atoms with Crippen molar-refractivity contribution in [3.8, 4) is 0 Å². The first kappa shape index (κ1) is 20.6. The van der Waals surface area contributed by atoms with E-state index in [4.69, 9.17) is 11.6 Å². The minimum Gasteiger partial charge on any atom is -0.272 e. The van der Waals surface area contributed by atoms with Gasteiger partial charge in [-0.2, -0.15) is 5.01 Å². The minimum atomic E-state index is -0.777. The Labute approximate surface area is 190 Å². The summed E-state index contributed by atoms with van der Waals surface area (Å²) in [5.74, 6) is -1.48. The second-order valence-electron chi connectivity index (χ2n) is 8.75. The summed E-state index contributed by atoms with van der Waals surface area (Å²) < 4.78 is 0. The number of hydrazine groups is 1. The Morgan fingerprint density at radius 3 is 2.31 bits per heavy atom. The van der Waals surface area contributed by atoms with Crippen molar-refractivity contribution < 1.29 is 14.4 Å². The van der Waals surface area contributed by atoms with Crippen molar-refractivity contribution in [2.24, 2.45) is 0 Å². The number of pyridine rings is 1. The highest BCUT2D eigenvalue weighted by atomic mass is 35.5. The van der Waals surface area contributed by atoms with E-state index in [1.54, 1.807) is 18.2 Å². The molecule has 6 nitrogen and oxygen atoms in total. The number of hydrogen-bond acceptors (Lipinski definition) is 4. The minimum absolute atomic E-state index is 0.0622. The molecule has 1 aliphatic carbocycles. The normalized spacial score (nSPS) is 16.9. The van der Waals surface area contributed by atoms with Crippen molar-refractivity contribution in [3.05, 3.63) is 75.9 Å². The highest BCUT2D eigenvalue weighted by Crippen LogP contribution is 2.44. The van der Waals surface area contributed by atoms with Crippen LogP contribution in [0, 0.1) is 0 Å². The lowest BCUT2D eigenvalue weighted by Crippen LogP contribution is -2.56. The molecule has 0 spiro atoms. The monoisotopic (exact) mass is 447 g/mol. The number of para-hydroxylation sites is 1. The van der Waals surface area contributed by atoms with E-state index in [0.717, 1.165) is 17.0 Å². The molecule has 32 heavy (non-hydrogen) atoms. The van der Waals surface area contributed by atoms with E-state index in [1.807, 2.05) is 44.2 Å². The molecule has 2 heterocycles. The van der Waals surface area contributed by atoms with Gasteiger partial charge in [0.2, 0.25) is 5.91 Å². The van der Waals surface area contributed by atoms with Crippen LogP contribution in [0.15, 0.2) is 48.5 Å². The van der Waals surface area contributed by atoms with Crippen LogP contribution in [0.2, 0.25) is 5.02 Å². The van der Waals surface area contributed by atoms with Crippen LogP contribution in [-0.4, -0.2) is 27.7 Å². The average molecular weight is 448 g/mol. The van der Waals surface area contributed by atoms with Crippen LogP contribution in [0.4, 0.5) is 0 Å². The lowest BCUT2D eigenvalue weighted by Gasteiger charge is -2.41. The first-order chi connectivity index (χ1) is 15.3. The van der Waals surface area contributed by atoms with Crippen LogP contribution in [0.25, 0.3) is 10.9 Å². The molecule has 162 valence electrons. The number of carbonyl (C=O) groups is 3. The predicted octanol–water partition coefficient (Wildman–Crippen LogP) is 4.76.